The third-order valence-electron chi connectivity index (χ3n) is 5.35. The van der Waals surface area contributed by atoms with Gasteiger partial charge in [0.25, 0.3) is 0 Å². The number of halogens is 2. The Balaban J connectivity index is 1.96. The molecule has 0 spiro atoms. The van der Waals surface area contributed by atoms with Gasteiger partial charge >= 0.3 is 0 Å². The predicted molar refractivity (Wildman–Crippen MR) is 118 cm³/mol. The Hall–Kier alpha value is -2.36. The normalized spacial score (nSPS) is 18.5. The summed E-state index contributed by atoms with van der Waals surface area (Å²) >= 11 is 12.6. The number of Topliss-reactive ketones (excluding diaryl/α,β-unsaturated/α-hetero) is 1. The van der Waals surface area contributed by atoms with Gasteiger partial charge in [-0.2, -0.15) is 0 Å². The number of aromatic nitrogens is 1. The van der Waals surface area contributed by atoms with Gasteiger partial charge in [-0.15, -0.1) is 0 Å². The van der Waals surface area contributed by atoms with Gasteiger partial charge in [0.1, 0.15) is 6.10 Å². The number of carbonyl (C=O) groups excluding carboxylic acids is 1. The highest BCUT2D eigenvalue weighted by molar-refractivity contribution is 6.33. The molecule has 1 aliphatic heterocycles. The van der Waals surface area contributed by atoms with Crippen molar-refractivity contribution in [1.82, 2.24) is 4.98 Å². The van der Waals surface area contributed by atoms with E-state index in [1.807, 2.05) is 61.5 Å². The van der Waals surface area contributed by atoms with Gasteiger partial charge in [0.05, 0.1) is 17.2 Å². The fourth-order valence-electron chi connectivity index (χ4n) is 3.81. The standard InChI is InChI=1S/C24H21Cl2NO2/c1-13(2)23-14(3)22(28)19-12-18(15-8-10-16(25)11-9-15)21(27-24(19)29-23)17-6-4-5-7-20(17)26/h4-14,23H,1-3H3. The first-order chi connectivity index (χ1) is 13.9. The molecular formula is C24H21Cl2NO2. The highest BCUT2D eigenvalue weighted by Gasteiger charge is 2.37. The van der Waals surface area contributed by atoms with Crippen LogP contribution in [-0.4, -0.2) is 16.9 Å². The number of ketones is 1. The van der Waals surface area contributed by atoms with Gasteiger partial charge in [0.15, 0.2) is 5.78 Å². The quantitative estimate of drug-likeness (QED) is 0.455. The summed E-state index contributed by atoms with van der Waals surface area (Å²) in [6.45, 7) is 6.02. The molecule has 0 bridgehead atoms. The van der Waals surface area contributed by atoms with Gasteiger partial charge < -0.3 is 4.74 Å². The van der Waals surface area contributed by atoms with Crippen LogP contribution in [0.3, 0.4) is 0 Å². The number of hydrogen-bond donors (Lipinski definition) is 0. The van der Waals surface area contributed by atoms with E-state index in [0.29, 0.717) is 27.2 Å². The molecule has 5 heteroatoms. The zero-order chi connectivity index (χ0) is 20.7. The maximum absolute atomic E-state index is 13.1. The van der Waals surface area contributed by atoms with E-state index in [2.05, 4.69) is 13.8 Å². The van der Waals surface area contributed by atoms with Crippen LogP contribution in [0.1, 0.15) is 31.1 Å². The molecule has 29 heavy (non-hydrogen) atoms. The van der Waals surface area contributed by atoms with Crippen molar-refractivity contribution in [1.29, 1.82) is 0 Å². The Kier molecular flexibility index (Phi) is 5.37. The Morgan fingerprint density at radius 3 is 2.31 bits per heavy atom. The molecular weight excluding hydrogens is 405 g/mol. The van der Waals surface area contributed by atoms with Crippen molar-refractivity contribution >= 4 is 29.0 Å². The minimum Gasteiger partial charge on any atom is -0.473 e. The molecule has 3 aromatic rings. The van der Waals surface area contributed by atoms with Crippen molar-refractivity contribution in [3.8, 4) is 28.3 Å². The van der Waals surface area contributed by atoms with Gasteiger partial charge in [-0.1, -0.05) is 74.3 Å². The van der Waals surface area contributed by atoms with Crippen LogP contribution < -0.4 is 4.74 Å². The minimum absolute atomic E-state index is 0.0540. The molecule has 1 aromatic heterocycles. The first-order valence-electron chi connectivity index (χ1n) is 9.63. The molecule has 3 nitrogen and oxygen atoms in total. The summed E-state index contributed by atoms with van der Waals surface area (Å²) in [5.74, 6) is 0.398. The van der Waals surface area contributed by atoms with Crippen LogP contribution in [0.25, 0.3) is 22.4 Å². The first-order valence-corrected chi connectivity index (χ1v) is 10.4. The Bertz CT molecular complexity index is 1080. The fraction of sp³-hybridized carbons (Fsp3) is 0.250. The van der Waals surface area contributed by atoms with Crippen LogP contribution in [0, 0.1) is 11.8 Å². The number of pyridine rings is 1. The van der Waals surface area contributed by atoms with E-state index in [9.17, 15) is 4.79 Å². The van der Waals surface area contributed by atoms with E-state index < -0.39 is 0 Å². The van der Waals surface area contributed by atoms with E-state index in [1.165, 1.54) is 0 Å². The Morgan fingerprint density at radius 1 is 0.966 bits per heavy atom. The molecule has 2 heterocycles. The second-order valence-electron chi connectivity index (χ2n) is 7.70. The number of hydrogen-bond acceptors (Lipinski definition) is 3. The van der Waals surface area contributed by atoms with Crippen LogP contribution in [0.15, 0.2) is 54.6 Å². The van der Waals surface area contributed by atoms with E-state index in [-0.39, 0.29) is 23.7 Å². The lowest BCUT2D eigenvalue weighted by atomic mass is 9.85. The second kappa shape index (κ2) is 7.81. The van der Waals surface area contributed by atoms with Crippen LogP contribution in [-0.2, 0) is 0 Å². The average molecular weight is 426 g/mol. The number of benzene rings is 2. The number of carbonyl (C=O) groups is 1. The van der Waals surface area contributed by atoms with E-state index in [4.69, 9.17) is 32.9 Å². The van der Waals surface area contributed by atoms with Crippen LogP contribution in [0.5, 0.6) is 5.88 Å². The Labute approximate surface area is 180 Å². The van der Waals surface area contributed by atoms with Crippen LogP contribution in [0.2, 0.25) is 10.0 Å². The molecule has 1 aliphatic rings. The van der Waals surface area contributed by atoms with Crippen molar-refractivity contribution in [3.63, 3.8) is 0 Å². The molecule has 0 amide bonds. The Morgan fingerprint density at radius 2 is 1.66 bits per heavy atom. The molecule has 4 rings (SSSR count). The van der Waals surface area contributed by atoms with Gasteiger partial charge in [-0.3, -0.25) is 4.79 Å². The summed E-state index contributed by atoms with van der Waals surface area (Å²) in [7, 11) is 0. The summed E-state index contributed by atoms with van der Waals surface area (Å²) in [5, 5.41) is 1.23. The number of ether oxygens (including phenoxy) is 1. The van der Waals surface area contributed by atoms with E-state index in [1.54, 1.807) is 0 Å². The summed E-state index contributed by atoms with van der Waals surface area (Å²) in [5.41, 5.74) is 3.71. The van der Waals surface area contributed by atoms with Crippen LogP contribution in [0.4, 0.5) is 0 Å². The highest BCUT2D eigenvalue weighted by atomic mass is 35.5. The van der Waals surface area contributed by atoms with Crippen molar-refractivity contribution in [2.24, 2.45) is 11.8 Å². The van der Waals surface area contributed by atoms with Crippen molar-refractivity contribution < 1.29 is 9.53 Å². The molecule has 0 radical (unpaired) electrons. The van der Waals surface area contributed by atoms with Crippen molar-refractivity contribution in [2.75, 3.05) is 0 Å². The zero-order valence-corrected chi connectivity index (χ0v) is 18.0. The lowest BCUT2D eigenvalue weighted by Crippen LogP contribution is -2.40. The SMILES string of the molecule is CC(C)C1Oc2nc(-c3ccccc3Cl)c(-c3ccc(Cl)cc3)cc2C(=O)C1C. The highest BCUT2D eigenvalue weighted by Crippen LogP contribution is 2.41. The van der Waals surface area contributed by atoms with Gasteiger partial charge in [-0.25, -0.2) is 4.98 Å². The summed E-state index contributed by atoms with van der Waals surface area (Å²) in [4.78, 5) is 17.9. The number of nitrogens with zero attached hydrogens (tertiary/aromatic N) is 1. The summed E-state index contributed by atoms with van der Waals surface area (Å²) < 4.78 is 6.19. The third-order valence-corrected chi connectivity index (χ3v) is 5.93. The number of fused-ring (bicyclic) bond motifs is 1. The smallest absolute Gasteiger partial charge is 0.225 e. The molecule has 0 fully saturated rings. The maximum Gasteiger partial charge on any atom is 0.225 e. The summed E-state index contributed by atoms with van der Waals surface area (Å²) in [6.07, 6.45) is -0.206. The average Bonchev–Trinajstić information content (AvgIpc) is 2.71. The van der Waals surface area contributed by atoms with Crippen molar-refractivity contribution in [3.05, 3.63) is 70.2 Å². The molecule has 2 aromatic carbocycles. The monoisotopic (exact) mass is 425 g/mol. The van der Waals surface area contributed by atoms with Crippen LogP contribution >= 0.6 is 23.2 Å². The van der Waals surface area contributed by atoms with Gasteiger partial charge in [-0.05, 0) is 35.7 Å². The largest absolute Gasteiger partial charge is 0.473 e. The second-order valence-corrected chi connectivity index (χ2v) is 8.55. The molecule has 2 unspecified atom stereocenters. The lowest BCUT2D eigenvalue weighted by molar-refractivity contribution is 0.0535. The molecule has 0 saturated carbocycles. The van der Waals surface area contributed by atoms with Crippen molar-refractivity contribution in [2.45, 2.75) is 26.9 Å². The van der Waals surface area contributed by atoms with E-state index >= 15 is 0 Å². The predicted octanol–water partition coefficient (Wildman–Crippen LogP) is 6.96. The zero-order valence-electron chi connectivity index (χ0n) is 16.4. The van der Waals surface area contributed by atoms with Gasteiger partial charge in [0.2, 0.25) is 5.88 Å². The maximum atomic E-state index is 13.1. The molecule has 0 aliphatic carbocycles. The summed E-state index contributed by atoms with van der Waals surface area (Å²) in [6, 6.07) is 16.9. The minimum atomic E-state index is -0.228. The van der Waals surface area contributed by atoms with E-state index in [0.717, 1.165) is 16.7 Å². The number of rotatable bonds is 3. The molecule has 148 valence electrons. The van der Waals surface area contributed by atoms with Gasteiger partial charge in [0, 0.05) is 21.2 Å². The topological polar surface area (TPSA) is 39.2 Å². The lowest BCUT2D eigenvalue weighted by Gasteiger charge is -2.33. The molecule has 0 saturated heterocycles. The molecule has 0 N–H and O–H groups in total. The first kappa shape index (κ1) is 19.9. The fourth-order valence-corrected chi connectivity index (χ4v) is 4.16. The molecule has 2 atom stereocenters. The third kappa shape index (κ3) is 3.65.